The Labute approximate surface area is 187 Å². The molecule has 0 unspecified atom stereocenters. The van der Waals surface area contributed by atoms with Crippen LogP contribution in [0.15, 0.2) is 53.4 Å². The van der Waals surface area contributed by atoms with Crippen molar-refractivity contribution in [2.45, 2.75) is 41.4 Å². The molecule has 1 saturated heterocycles. The number of hydrogen-bond acceptors (Lipinski definition) is 5. The number of sulfone groups is 1. The van der Waals surface area contributed by atoms with Gasteiger partial charge in [-0.2, -0.15) is 0 Å². The molecule has 168 valence electrons. The van der Waals surface area contributed by atoms with Crippen molar-refractivity contribution in [3.05, 3.63) is 54.1 Å². The summed E-state index contributed by atoms with van der Waals surface area (Å²) in [6.45, 7) is 1.72. The topological polar surface area (TPSA) is 95.0 Å². The SMILES string of the molecule is O=C(c1ccc(-c2cccc(S(=O)(=O)C3CC3)c2)cc1)N1CCN(C(=O)C2(O)CC2)CC1. The first-order valence-electron chi connectivity index (χ1n) is 11.0. The first-order chi connectivity index (χ1) is 15.3. The highest BCUT2D eigenvalue weighted by molar-refractivity contribution is 7.92. The van der Waals surface area contributed by atoms with Crippen LogP contribution in [0.4, 0.5) is 0 Å². The third kappa shape index (κ3) is 3.93. The lowest BCUT2D eigenvalue weighted by Crippen LogP contribution is -2.53. The first kappa shape index (κ1) is 21.2. The Balaban J connectivity index is 1.25. The summed E-state index contributed by atoms with van der Waals surface area (Å²) in [6.07, 6.45) is 2.50. The lowest BCUT2D eigenvalue weighted by molar-refractivity contribution is -0.143. The lowest BCUT2D eigenvalue weighted by Gasteiger charge is -2.35. The molecular weight excluding hydrogens is 428 g/mol. The number of carbonyl (C=O) groups is 2. The minimum Gasteiger partial charge on any atom is -0.380 e. The standard InChI is InChI=1S/C24H26N2O5S/c27-22(25-12-14-26(15-13-25)23(28)24(29)10-11-24)18-6-4-17(5-7-18)19-2-1-3-21(16-19)32(30,31)20-8-9-20/h1-7,16,20,29H,8-15H2. The molecule has 2 aromatic carbocycles. The zero-order valence-corrected chi connectivity index (χ0v) is 18.6. The molecule has 1 N–H and O–H groups in total. The van der Waals surface area contributed by atoms with Crippen LogP contribution in [-0.4, -0.2) is 72.2 Å². The van der Waals surface area contributed by atoms with Crippen molar-refractivity contribution in [3.63, 3.8) is 0 Å². The maximum absolute atomic E-state index is 12.9. The van der Waals surface area contributed by atoms with E-state index < -0.39 is 15.4 Å². The Morgan fingerprint density at radius 2 is 1.50 bits per heavy atom. The van der Waals surface area contributed by atoms with Crippen molar-refractivity contribution in [3.8, 4) is 11.1 Å². The van der Waals surface area contributed by atoms with Gasteiger partial charge in [0, 0.05) is 31.7 Å². The molecule has 0 bridgehead atoms. The van der Waals surface area contributed by atoms with Gasteiger partial charge >= 0.3 is 0 Å². The Hall–Kier alpha value is -2.71. The Bertz CT molecular complexity index is 1160. The molecule has 5 rings (SSSR count). The van der Waals surface area contributed by atoms with Gasteiger partial charge in [0.15, 0.2) is 9.84 Å². The minimum atomic E-state index is -3.25. The van der Waals surface area contributed by atoms with E-state index in [2.05, 4.69) is 0 Å². The van der Waals surface area contributed by atoms with Crippen molar-refractivity contribution in [1.29, 1.82) is 0 Å². The summed E-state index contributed by atoms with van der Waals surface area (Å²) in [5, 5.41) is 9.76. The van der Waals surface area contributed by atoms with Crippen LogP contribution >= 0.6 is 0 Å². The fourth-order valence-electron chi connectivity index (χ4n) is 4.15. The summed E-state index contributed by atoms with van der Waals surface area (Å²) < 4.78 is 25.1. The number of rotatable bonds is 5. The smallest absolute Gasteiger partial charge is 0.254 e. The maximum Gasteiger partial charge on any atom is 0.254 e. The predicted molar refractivity (Wildman–Crippen MR) is 119 cm³/mol. The van der Waals surface area contributed by atoms with Gasteiger partial charge in [-0.25, -0.2) is 8.42 Å². The Morgan fingerprint density at radius 1 is 0.875 bits per heavy atom. The van der Waals surface area contributed by atoms with Crippen LogP contribution in [0.2, 0.25) is 0 Å². The van der Waals surface area contributed by atoms with Crippen LogP contribution in [0.25, 0.3) is 11.1 Å². The highest BCUT2D eigenvalue weighted by atomic mass is 32.2. The number of amides is 2. The lowest BCUT2D eigenvalue weighted by atomic mass is 10.0. The molecule has 7 nitrogen and oxygen atoms in total. The molecule has 2 saturated carbocycles. The molecule has 0 radical (unpaired) electrons. The molecular formula is C24H26N2O5S. The molecule has 8 heteroatoms. The summed E-state index contributed by atoms with van der Waals surface area (Å²) in [4.78, 5) is 28.9. The van der Waals surface area contributed by atoms with Gasteiger partial charge in [0.25, 0.3) is 11.8 Å². The van der Waals surface area contributed by atoms with Crippen molar-refractivity contribution in [2.24, 2.45) is 0 Å². The Morgan fingerprint density at radius 3 is 2.09 bits per heavy atom. The molecule has 32 heavy (non-hydrogen) atoms. The largest absolute Gasteiger partial charge is 0.380 e. The third-order valence-corrected chi connectivity index (χ3v) is 8.83. The van der Waals surface area contributed by atoms with Gasteiger partial charge < -0.3 is 14.9 Å². The molecule has 0 spiro atoms. The monoisotopic (exact) mass is 454 g/mol. The predicted octanol–water partition coefficient (Wildman–Crippen LogP) is 2.10. The Kier molecular flexibility index (Phi) is 5.09. The fourth-order valence-corrected chi connectivity index (χ4v) is 5.85. The second-order valence-corrected chi connectivity index (χ2v) is 11.2. The van der Waals surface area contributed by atoms with E-state index in [-0.39, 0.29) is 17.1 Å². The molecule has 2 aromatic rings. The van der Waals surface area contributed by atoms with Crippen LogP contribution in [0.1, 0.15) is 36.0 Å². The summed E-state index contributed by atoms with van der Waals surface area (Å²) in [5.74, 6) is -0.321. The van der Waals surface area contributed by atoms with E-state index in [9.17, 15) is 23.1 Å². The first-order valence-corrected chi connectivity index (χ1v) is 12.6. The highest BCUT2D eigenvalue weighted by Gasteiger charge is 2.50. The number of benzene rings is 2. The quantitative estimate of drug-likeness (QED) is 0.747. The van der Waals surface area contributed by atoms with E-state index in [4.69, 9.17) is 0 Å². The molecule has 0 atom stereocenters. The van der Waals surface area contributed by atoms with Gasteiger partial charge in [-0.05, 0) is 61.1 Å². The van der Waals surface area contributed by atoms with E-state index in [1.165, 1.54) is 0 Å². The van der Waals surface area contributed by atoms with Gasteiger partial charge in [0.05, 0.1) is 10.1 Å². The van der Waals surface area contributed by atoms with Crippen LogP contribution < -0.4 is 0 Å². The molecule has 0 aromatic heterocycles. The molecule has 3 aliphatic rings. The van der Waals surface area contributed by atoms with Gasteiger partial charge in [-0.15, -0.1) is 0 Å². The summed E-state index contributed by atoms with van der Waals surface area (Å²) in [6, 6.07) is 14.1. The van der Waals surface area contributed by atoms with Crippen LogP contribution in [0, 0.1) is 0 Å². The van der Waals surface area contributed by atoms with Crippen molar-refractivity contribution in [2.75, 3.05) is 26.2 Å². The average molecular weight is 455 g/mol. The zero-order valence-electron chi connectivity index (χ0n) is 17.7. The van der Waals surface area contributed by atoms with Crippen molar-refractivity contribution in [1.82, 2.24) is 9.80 Å². The van der Waals surface area contributed by atoms with Crippen molar-refractivity contribution >= 4 is 21.7 Å². The summed E-state index contributed by atoms with van der Waals surface area (Å²) in [5.41, 5.74) is 1.03. The number of aliphatic hydroxyl groups is 1. The normalized spacial score (nSPS) is 20.2. The number of hydrogen-bond donors (Lipinski definition) is 1. The number of carbonyl (C=O) groups excluding carboxylic acids is 2. The van der Waals surface area contributed by atoms with Gasteiger partial charge in [-0.1, -0.05) is 24.3 Å². The third-order valence-electron chi connectivity index (χ3n) is 6.57. The minimum absolute atomic E-state index is 0.0983. The van der Waals surface area contributed by atoms with Gasteiger partial charge in [0.2, 0.25) is 0 Å². The van der Waals surface area contributed by atoms with Crippen LogP contribution in [0.3, 0.4) is 0 Å². The van der Waals surface area contributed by atoms with Crippen molar-refractivity contribution < 1.29 is 23.1 Å². The molecule has 2 aliphatic carbocycles. The van der Waals surface area contributed by atoms with Gasteiger partial charge in [0.1, 0.15) is 5.60 Å². The van der Waals surface area contributed by atoms with Crippen LogP contribution in [-0.2, 0) is 14.6 Å². The van der Waals surface area contributed by atoms with E-state index in [0.717, 1.165) is 24.0 Å². The van der Waals surface area contributed by atoms with E-state index >= 15 is 0 Å². The van der Waals surface area contributed by atoms with Crippen LogP contribution in [0.5, 0.6) is 0 Å². The second-order valence-electron chi connectivity index (χ2n) is 8.97. The molecule has 3 fully saturated rings. The maximum atomic E-state index is 12.9. The fraction of sp³-hybridized carbons (Fsp3) is 0.417. The number of nitrogens with zero attached hydrogens (tertiary/aromatic N) is 2. The number of piperazine rings is 1. The molecule has 2 amide bonds. The van der Waals surface area contributed by atoms with E-state index in [1.807, 2.05) is 18.2 Å². The highest BCUT2D eigenvalue weighted by Crippen LogP contribution is 2.37. The molecule has 1 heterocycles. The van der Waals surface area contributed by atoms with Gasteiger partial charge in [-0.3, -0.25) is 9.59 Å². The average Bonchev–Trinajstić information content (AvgIpc) is 3.75. The van der Waals surface area contributed by atoms with E-state index in [1.54, 1.807) is 40.1 Å². The summed E-state index contributed by atoms with van der Waals surface area (Å²) >= 11 is 0. The molecule has 1 aliphatic heterocycles. The second kappa shape index (κ2) is 7.71. The summed E-state index contributed by atoms with van der Waals surface area (Å²) in [7, 11) is -3.25. The zero-order chi connectivity index (χ0) is 22.5. The van der Waals surface area contributed by atoms with E-state index in [0.29, 0.717) is 49.5 Å².